The molecule has 0 aliphatic rings. The Morgan fingerprint density at radius 1 is 0.962 bits per heavy atom. The highest BCUT2D eigenvalue weighted by Gasteiger charge is 2.20. The minimum atomic E-state index is -1.04. The monoisotopic (exact) mass is 365 g/mol. The Hall–Kier alpha value is -2.83. The molecule has 2 aromatic carbocycles. The summed E-state index contributed by atoms with van der Waals surface area (Å²) in [5.41, 5.74) is 0.736. The summed E-state index contributed by atoms with van der Waals surface area (Å²) in [5.74, 6) is -1.12. The van der Waals surface area contributed by atoms with Crippen molar-refractivity contribution in [3.8, 4) is 17.2 Å². The van der Waals surface area contributed by atoms with E-state index < -0.39 is 23.6 Å². The molecule has 0 aliphatic heterocycles. The number of carbonyl (C=O) groups is 1. The summed E-state index contributed by atoms with van der Waals surface area (Å²) >= 11 is 0. The van der Waals surface area contributed by atoms with Crippen LogP contribution >= 0.6 is 0 Å². The Bertz CT molecular complexity index is 782. The predicted octanol–water partition coefficient (Wildman–Crippen LogP) is 3.63. The second kappa shape index (κ2) is 8.51. The van der Waals surface area contributed by atoms with Crippen molar-refractivity contribution in [3.63, 3.8) is 0 Å². The maximum absolute atomic E-state index is 13.2. The maximum atomic E-state index is 13.2. The van der Waals surface area contributed by atoms with Gasteiger partial charge in [-0.05, 0) is 44.2 Å². The Labute approximate surface area is 150 Å². The van der Waals surface area contributed by atoms with E-state index in [1.165, 1.54) is 20.1 Å². The van der Waals surface area contributed by atoms with Gasteiger partial charge < -0.3 is 19.5 Å². The van der Waals surface area contributed by atoms with Gasteiger partial charge >= 0.3 is 0 Å². The van der Waals surface area contributed by atoms with Gasteiger partial charge in [-0.3, -0.25) is 4.79 Å². The van der Waals surface area contributed by atoms with Crippen molar-refractivity contribution in [1.82, 2.24) is 5.32 Å². The first kappa shape index (κ1) is 19.5. The van der Waals surface area contributed by atoms with Crippen LogP contribution < -0.4 is 19.5 Å². The lowest BCUT2D eigenvalue weighted by Gasteiger charge is -2.21. The zero-order valence-electron chi connectivity index (χ0n) is 15.0. The van der Waals surface area contributed by atoms with Gasteiger partial charge in [0.2, 0.25) is 0 Å². The largest absolute Gasteiger partial charge is 0.497 e. The lowest BCUT2D eigenvalue weighted by atomic mass is 10.1. The van der Waals surface area contributed by atoms with Crippen LogP contribution in [-0.4, -0.2) is 26.2 Å². The number of hydrogen-bond donors (Lipinski definition) is 1. The summed E-state index contributed by atoms with van der Waals surface area (Å²) in [4.78, 5) is 12.4. The molecule has 0 saturated carbocycles. The number of ether oxygens (including phenoxy) is 3. The fraction of sp³-hybridized carbons (Fsp3) is 0.316. The summed E-state index contributed by atoms with van der Waals surface area (Å²) in [7, 11) is 3.08. The molecular formula is C19H21F2NO4. The first-order valence-electron chi connectivity index (χ1n) is 7.99. The maximum Gasteiger partial charge on any atom is 0.261 e. The number of hydrogen-bond acceptors (Lipinski definition) is 4. The molecule has 140 valence electrons. The average Bonchev–Trinajstić information content (AvgIpc) is 2.63. The Morgan fingerprint density at radius 3 is 2.27 bits per heavy atom. The van der Waals surface area contributed by atoms with E-state index in [1.54, 1.807) is 32.2 Å². The van der Waals surface area contributed by atoms with Gasteiger partial charge in [-0.25, -0.2) is 8.78 Å². The molecule has 26 heavy (non-hydrogen) atoms. The van der Waals surface area contributed by atoms with Crippen LogP contribution in [0.5, 0.6) is 17.2 Å². The van der Waals surface area contributed by atoms with Gasteiger partial charge in [-0.2, -0.15) is 0 Å². The molecule has 5 nitrogen and oxygen atoms in total. The van der Waals surface area contributed by atoms with E-state index in [9.17, 15) is 13.6 Å². The molecule has 0 saturated heterocycles. The van der Waals surface area contributed by atoms with E-state index in [0.717, 1.165) is 17.7 Å². The molecule has 2 rings (SSSR count). The van der Waals surface area contributed by atoms with Gasteiger partial charge in [-0.15, -0.1) is 0 Å². The van der Waals surface area contributed by atoms with Crippen LogP contribution in [0.25, 0.3) is 0 Å². The molecule has 1 N–H and O–H groups in total. The van der Waals surface area contributed by atoms with E-state index in [2.05, 4.69) is 5.32 Å². The minimum Gasteiger partial charge on any atom is -0.497 e. The topological polar surface area (TPSA) is 56.8 Å². The van der Waals surface area contributed by atoms with E-state index in [1.807, 2.05) is 0 Å². The van der Waals surface area contributed by atoms with Gasteiger partial charge in [-0.1, -0.05) is 0 Å². The highest BCUT2D eigenvalue weighted by molar-refractivity contribution is 5.81. The van der Waals surface area contributed by atoms with Gasteiger partial charge in [0, 0.05) is 11.6 Å². The van der Waals surface area contributed by atoms with Crippen molar-refractivity contribution < 1.29 is 27.8 Å². The lowest BCUT2D eigenvalue weighted by molar-refractivity contribution is -0.127. The van der Waals surface area contributed by atoms with Crippen molar-refractivity contribution in [2.45, 2.75) is 26.0 Å². The Balaban J connectivity index is 2.07. The first-order valence-corrected chi connectivity index (χ1v) is 7.99. The van der Waals surface area contributed by atoms with Crippen molar-refractivity contribution in [1.29, 1.82) is 0 Å². The molecule has 2 atom stereocenters. The minimum absolute atomic E-state index is 0.0677. The normalized spacial score (nSPS) is 12.8. The van der Waals surface area contributed by atoms with Crippen LogP contribution in [0.1, 0.15) is 25.5 Å². The van der Waals surface area contributed by atoms with Gasteiger partial charge in [0.25, 0.3) is 5.91 Å². The van der Waals surface area contributed by atoms with Gasteiger partial charge in [0.05, 0.1) is 20.3 Å². The van der Waals surface area contributed by atoms with Gasteiger partial charge in [0.1, 0.15) is 17.2 Å². The van der Waals surface area contributed by atoms with Crippen molar-refractivity contribution in [3.05, 3.63) is 53.6 Å². The molecule has 0 spiro atoms. The third-order valence-electron chi connectivity index (χ3n) is 3.84. The van der Waals surface area contributed by atoms with E-state index >= 15 is 0 Å². The summed E-state index contributed by atoms with van der Waals surface area (Å²) in [5, 5.41) is 2.80. The summed E-state index contributed by atoms with van der Waals surface area (Å²) in [6.07, 6.45) is -0.904. The third-order valence-corrected chi connectivity index (χ3v) is 3.84. The predicted molar refractivity (Wildman–Crippen MR) is 92.6 cm³/mol. The second-order valence-electron chi connectivity index (χ2n) is 5.67. The Kier molecular flexibility index (Phi) is 6.38. The number of rotatable bonds is 7. The molecule has 7 heteroatoms. The molecule has 0 radical (unpaired) electrons. The van der Waals surface area contributed by atoms with E-state index in [4.69, 9.17) is 14.2 Å². The van der Waals surface area contributed by atoms with Gasteiger partial charge in [0.15, 0.2) is 17.7 Å². The number of halogens is 2. The average molecular weight is 365 g/mol. The lowest BCUT2D eigenvalue weighted by Crippen LogP contribution is -2.37. The molecule has 2 aromatic rings. The first-order chi connectivity index (χ1) is 12.3. The molecule has 0 bridgehead atoms. The fourth-order valence-electron chi connectivity index (χ4n) is 2.39. The number of benzene rings is 2. The third kappa shape index (κ3) is 4.62. The van der Waals surface area contributed by atoms with Crippen LogP contribution in [0.15, 0.2) is 36.4 Å². The standard InChI is InChI=1S/C19H21F2NO4/c1-11(15-9-13(24-3)6-8-18(15)25-4)22-19(23)12(2)26-14-5-7-16(20)17(21)10-14/h5-12H,1-4H3,(H,22,23). The highest BCUT2D eigenvalue weighted by atomic mass is 19.2. The van der Waals surface area contributed by atoms with Crippen LogP contribution in [0.3, 0.4) is 0 Å². The number of carbonyl (C=O) groups excluding carboxylic acids is 1. The van der Waals surface area contributed by atoms with Crippen LogP contribution in [0, 0.1) is 11.6 Å². The van der Waals surface area contributed by atoms with Crippen molar-refractivity contribution >= 4 is 5.91 Å². The molecular weight excluding hydrogens is 344 g/mol. The van der Waals surface area contributed by atoms with Crippen molar-refractivity contribution in [2.24, 2.45) is 0 Å². The quantitative estimate of drug-likeness (QED) is 0.814. The summed E-state index contributed by atoms with van der Waals surface area (Å²) in [6, 6.07) is 7.99. The molecule has 2 unspecified atom stereocenters. The summed E-state index contributed by atoms with van der Waals surface area (Å²) < 4.78 is 42.1. The zero-order valence-corrected chi connectivity index (χ0v) is 15.0. The number of amides is 1. The highest BCUT2D eigenvalue weighted by Crippen LogP contribution is 2.29. The molecule has 0 fully saturated rings. The number of nitrogens with one attached hydrogen (secondary N) is 1. The summed E-state index contributed by atoms with van der Waals surface area (Å²) in [6.45, 7) is 3.31. The van der Waals surface area contributed by atoms with Crippen LogP contribution in [0.2, 0.25) is 0 Å². The fourth-order valence-corrected chi connectivity index (χ4v) is 2.39. The zero-order chi connectivity index (χ0) is 19.3. The van der Waals surface area contributed by atoms with E-state index in [-0.39, 0.29) is 11.8 Å². The molecule has 0 aliphatic carbocycles. The smallest absolute Gasteiger partial charge is 0.261 e. The SMILES string of the molecule is COc1ccc(OC)c(C(C)NC(=O)C(C)Oc2ccc(F)c(F)c2)c1. The van der Waals surface area contributed by atoms with Crippen LogP contribution in [-0.2, 0) is 4.79 Å². The second-order valence-corrected chi connectivity index (χ2v) is 5.67. The number of methoxy groups -OCH3 is 2. The van der Waals surface area contributed by atoms with Crippen LogP contribution in [0.4, 0.5) is 8.78 Å². The van der Waals surface area contributed by atoms with E-state index in [0.29, 0.717) is 11.5 Å². The molecule has 0 aromatic heterocycles. The molecule has 0 heterocycles. The van der Waals surface area contributed by atoms with Crippen molar-refractivity contribution in [2.75, 3.05) is 14.2 Å². The Morgan fingerprint density at radius 2 is 1.65 bits per heavy atom. The molecule has 1 amide bonds.